The summed E-state index contributed by atoms with van der Waals surface area (Å²) in [5, 5.41) is 10.4. The number of carbonyl (C=O) groups is 5. The average molecular weight is 657 g/mol. The van der Waals surface area contributed by atoms with E-state index < -0.39 is 84.6 Å². The molecule has 0 radical (unpaired) electrons. The lowest BCUT2D eigenvalue weighted by Gasteiger charge is -2.55. The molecular formula is C29H28N4O10S2. The highest BCUT2D eigenvalue weighted by molar-refractivity contribution is 7.89. The smallest absolute Gasteiger partial charge is 0.334 e. The molecule has 5 aliphatic rings. The molecule has 2 aromatic rings. The second kappa shape index (κ2) is 9.87. The Bertz CT molecular complexity index is 1850. The Morgan fingerprint density at radius 3 is 1.44 bits per heavy atom. The third kappa shape index (κ3) is 4.16. The molecule has 45 heavy (non-hydrogen) atoms. The zero-order valence-corrected chi connectivity index (χ0v) is 25.8. The largest absolute Gasteiger partial charge is 0.463 e. The highest BCUT2D eigenvalue weighted by Gasteiger charge is 2.77. The van der Waals surface area contributed by atoms with E-state index in [1.165, 1.54) is 31.2 Å². The van der Waals surface area contributed by atoms with Gasteiger partial charge in [-0.15, -0.1) is 0 Å². The minimum absolute atomic E-state index is 0.0106. The number of sulfonamides is 2. The number of hydrogen-bond donors (Lipinski definition) is 2. The second-order valence-electron chi connectivity index (χ2n) is 11.7. The summed E-state index contributed by atoms with van der Waals surface area (Å²) in [7, 11) is -8.12. The number of amides is 4. The normalized spacial score (nSPS) is 29.4. The van der Waals surface area contributed by atoms with Gasteiger partial charge < -0.3 is 4.74 Å². The van der Waals surface area contributed by atoms with Crippen molar-refractivity contribution < 1.29 is 45.5 Å². The van der Waals surface area contributed by atoms with Crippen molar-refractivity contribution in [3.8, 4) is 0 Å². The van der Waals surface area contributed by atoms with E-state index in [0.29, 0.717) is 5.57 Å². The van der Waals surface area contributed by atoms with Gasteiger partial charge in [0.25, 0.3) is 0 Å². The summed E-state index contributed by atoms with van der Waals surface area (Å²) < 4.78 is 52.4. The third-order valence-corrected chi connectivity index (χ3v) is 11.4. The Hall–Kier alpha value is -4.25. The fourth-order valence-electron chi connectivity index (χ4n) is 7.89. The predicted octanol–water partition coefficient (Wildman–Crippen LogP) is 0.422. The van der Waals surface area contributed by atoms with Crippen LogP contribution in [0.1, 0.15) is 20.8 Å². The van der Waals surface area contributed by atoms with Crippen molar-refractivity contribution >= 4 is 61.0 Å². The van der Waals surface area contributed by atoms with E-state index in [1.807, 2.05) is 0 Å². The lowest BCUT2D eigenvalue weighted by Crippen LogP contribution is -2.61. The number of rotatable bonds is 6. The molecule has 1 saturated carbocycles. The summed E-state index contributed by atoms with van der Waals surface area (Å²) in [5.41, 5.74) is -1.13. The SMILES string of the molecule is CCOC(=O)C1=C(C)C2[C@@H]3C(=O)N(c4ccc(S(N)(=O)=O)cc4)C(=O)[C@@H]3C1(C)[C@H]1C(=O)N(c3ccc(S(N)(=O)=O)cc3)C(=O)[C@@H]21. The Balaban J connectivity index is 1.49. The van der Waals surface area contributed by atoms with Crippen molar-refractivity contribution in [2.24, 2.45) is 45.3 Å². The van der Waals surface area contributed by atoms with Crippen LogP contribution in [0.25, 0.3) is 0 Å². The molecule has 236 valence electrons. The minimum Gasteiger partial charge on any atom is -0.463 e. The molecule has 3 fully saturated rings. The number of carbonyl (C=O) groups excluding carboxylic acids is 5. The summed E-state index contributed by atoms with van der Waals surface area (Å²) >= 11 is 0. The first kappa shape index (κ1) is 30.8. The molecule has 2 aliphatic heterocycles. The van der Waals surface area contributed by atoms with E-state index in [-0.39, 0.29) is 33.3 Å². The molecule has 4 amide bonds. The van der Waals surface area contributed by atoms with Gasteiger partial charge in [-0.05, 0) is 62.4 Å². The highest BCUT2D eigenvalue weighted by atomic mass is 32.2. The number of imide groups is 2. The van der Waals surface area contributed by atoms with E-state index >= 15 is 0 Å². The Morgan fingerprint density at radius 1 is 0.733 bits per heavy atom. The standard InChI is InChI=1S/C29H28N4O10S2/c1-4-43-28(38)21-13(2)18-19-22(26(36)32(24(19)34)14-5-9-16(10-6-14)44(30,39)40)29(21,3)23-20(18)25(35)33(27(23)37)15-7-11-17(12-8-15)45(31,41)42/h5-12,18-20,22-23H,4H2,1-3H3,(H2,30,39,40)(H2,31,41,42)/t18?,19-,20-,22+,23+,29?/m0/s1. The molecule has 2 saturated heterocycles. The summed E-state index contributed by atoms with van der Waals surface area (Å²) in [6, 6.07) is 9.63. The van der Waals surface area contributed by atoms with Crippen LogP contribution >= 0.6 is 0 Å². The fraction of sp³-hybridized carbons (Fsp3) is 0.345. The van der Waals surface area contributed by atoms with Crippen LogP contribution < -0.4 is 20.1 Å². The Kier molecular flexibility index (Phi) is 6.75. The van der Waals surface area contributed by atoms with Crippen molar-refractivity contribution in [3.63, 3.8) is 0 Å². The molecule has 4 atom stereocenters. The van der Waals surface area contributed by atoms with Crippen molar-refractivity contribution in [2.75, 3.05) is 16.4 Å². The maximum atomic E-state index is 14.2. The van der Waals surface area contributed by atoms with Gasteiger partial charge in [-0.3, -0.25) is 29.0 Å². The molecule has 16 heteroatoms. The van der Waals surface area contributed by atoms with E-state index in [9.17, 15) is 40.8 Å². The summed E-state index contributed by atoms with van der Waals surface area (Å²) in [6.07, 6.45) is 0. The first-order valence-corrected chi connectivity index (χ1v) is 16.9. The quantitative estimate of drug-likeness (QED) is 0.322. The van der Waals surface area contributed by atoms with Crippen LogP contribution in [-0.2, 0) is 48.8 Å². The van der Waals surface area contributed by atoms with Crippen LogP contribution in [0.2, 0.25) is 0 Å². The van der Waals surface area contributed by atoms with Gasteiger partial charge in [-0.2, -0.15) is 0 Å². The number of esters is 1. The van der Waals surface area contributed by atoms with Gasteiger partial charge in [0.2, 0.25) is 43.7 Å². The number of anilines is 2. The molecule has 2 heterocycles. The number of primary sulfonamides is 2. The maximum Gasteiger partial charge on any atom is 0.334 e. The number of ether oxygens (including phenoxy) is 1. The van der Waals surface area contributed by atoms with Crippen LogP contribution in [0.3, 0.4) is 0 Å². The average Bonchev–Trinajstić information content (AvgIpc) is 3.38. The second-order valence-corrected chi connectivity index (χ2v) is 14.8. The molecule has 2 aromatic carbocycles. The Labute approximate surface area is 258 Å². The number of benzene rings is 2. The van der Waals surface area contributed by atoms with E-state index in [4.69, 9.17) is 15.0 Å². The van der Waals surface area contributed by atoms with Gasteiger partial charge in [0.15, 0.2) is 0 Å². The minimum atomic E-state index is -4.06. The first-order chi connectivity index (χ1) is 21.0. The summed E-state index contributed by atoms with van der Waals surface area (Å²) in [6.45, 7) is 4.69. The molecule has 7 rings (SSSR count). The number of nitrogens with two attached hydrogens (primary N) is 2. The molecule has 14 nitrogen and oxygen atoms in total. The van der Waals surface area contributed by atoms with Gasteiger partial charge in [0.05, 0.1) is 51.4 Å². The van der Waals surface area contributed by atoms with Crippen LogP contribution in [0.4, 0.5) is 11.4 Å². The van der Waals surface area contributed by atoms with Crippen molar-refractivity contribution in [1.82, 2.24) is 0 Å². The molecule has 2 bridgehead atoms. The van der Waals surface area contributed by atoms with Crippen LogP contribution in [-0.4, -0.2) is 53.0 Å². The van der Waals surface area contributed by atoms with Gasteiger partial charge in [-0.25, -0.2) is 31.9 Å². The van der Waals surface area contributed by atoms with E-state index in [2.05, 4.69) is 0 Å². The zero-order chi connectivity index (χ0) is 33.0. The zero-order valence-electron chi connectivity index (χ0n) is 24.2. The molecule has 3 aliphatic carbocycles. The molecule has 0 spiro atoms. The van der Waals surface area contributed by atoms with Gasteiger partial charge in [0, 0.05) is 16.9 Å². The van der Waals surface area contributed by atoms with Crippen LogP contribution in [0.15, 0.2) is 69.5 Å². The molecule has 0 unspecified atom stereocenters. The lowest BCUT2D eigenvalue weighted by atomic mass is 9.43. The van der Waals surface area contributed by atoms with Crippen LogP contribution in [0.5, 0.6) is 0 Å². The molecular weight excluding hydrogens is 628 g/mol. The number of hydrogen-bond acceptors (Lipinski definition) is 10. The van der Waals surface area contributed by atoms with Gasteiger partial charge >= 0.3 is 5.97 Å². The molecule has 0 aromatic heterocycles. The lowest BCUT2D eigenvalue weighted by molar-refractivity contribution is -0.155. The predicted molar refractivity (Wildman–Crippen MR) is 156 cm³/mol. The Morgan fingerprint density at radius 2 is 1.11 bits per heavy atom. The fourth-order valence-corrected chi connectivity index (χ4v) is 8.92. The summed E-state index contributed by atoms with van der Waals surface area (Å²) in [5.74, 6) is -9.29. The van der Waals surface area contributed by atoms with E-state index in [1.54, 1.807) is 13.8 Å². The van der Waals surface area contributed by atoms with Gasteiger partial charge in [0.1, 0.15) is 0 Å². The van der Waals surface area contributed by atoms with Crippen LogP contribution in [0, 0.1) is 35.0 Å². The monoisotopic (exact) mass is 656 g/mol. The third-order valence-electron chi connectivity index (χ3n) is 9.53. The van der Waals surface area contributed by atoms with Crippen molar-refractivity contribution in [3.05, 3.63) is 59.7 Å². The van der Waals surface area contributed by atoms with Gasteiger partial charge in [-0.1, -0.05) is 12.5 Å². The summed E-state index contributed by atoms with van der Waals surface area (Å²) in [4.78, 5) is 71.5. The maximum absolute atomic E-state index is 14.2. The number of nitrogens with zero attached hydrogens (tertiary/aromatic N) is 2. The highest BCUT2D eigenvalue weighted by Crippen LogP contribution is 2.68. The molecule has 4 N–H and O–H groups in total. The van der Waals surface area contributed by atoms with Crippen molar-refractivity contribution in [2.45, 2.75) is 30.6 Å². The number of allylic oxidation sites excluding steroid dienone is 1. The van der Waals surface area contributed by atoms with E-state index in [0.717, 1.165) is 34.1 Å². The topological polar surface area (TPSA) is 221 Å². The first-order valence-electron chi connectivity index (χ1n) is 13.9. The van der Waals surface area contributed by atoms with Crippen molar-refractivity contribution in [1.29, 1.82) is 0 Å².